The lowest BCUT2D eigenvalue weighted by atomic mass is 9.92. The standard InChI is InChI=1S/C15H24N4O2/c1-2-18-8-5-11(6-9-18)10-13-16-17-14-12(15(20)21)4-3-7-19(13)14/h11-12H,2-10H2,1H3,(H,20,21). The van der Waals surface area contributed by atoms with Crippen molar-refractivity contribution >= 4 is 5.97 Å². The smallest absolute Gasteiger partial charge is 0.314 e. The Morgan fingerprint density at radius 1 is 1.24 bits per heavy atom. The van der Waals surface area contributed by atoms with Gasteiger partial charge in [-0.15, -0.1) is 10.2 Å². The van der Waals surface area contributed by atoms with Crippen LogP contribution in [0, 0.1) is 5.92 Å². The fourth-order valence-corrected chi connectivity index (χ4v) is 3.58. The first-order valence-electron chi connectivity index (χ1n) is 8.06. The van der Waals surface area contributed by atoms with Crippen molar-refractivity contribution < 1.29 is 9.90 Å². The maximum atomic E-state index is 11.3. The molecular weight excluding hydrogens is 268 g/mol. The van der Waals surface area contributed by atoms with Gasteiger partial charge in [0.25, 0.3) is 0 Å². The average molecular weight is 292 g/mol. The Morgan fingerprint density at radius 2 is 2.00 bits per heavy atom. The van der Waals surface area contributed by atoms with E-state index in [4.69, 9.17) is 0 Å². The molecule has 6 heteroatoms. The van der Waals surface area contributed by atoms with E-state index in [-0.39, 0.29) is 0 Å². The zero-order valence-corrected chi connectivity index (χ0v) is 12.7. The van der Waals surface area contributed by atoms with Crippen molar-refractivity contribution in [1.29, 1.82) is 0 Å². The molecule has 0 aromatic carbocycles. The van der Waals surface area contributed by atoms with E-state index >= 15 is 0 Å². The van der Waals surface area contributed by atoms with Crippen molar-refractivity contribution in [3.05, 3.63) is 11.6 Å². The minimum atomic E-state index is -0.772. The maximum absolute atomic E-state index is 11.3. The van der Waals surface area contributed by atoms with Crippen LogP contribution >= 0.6 is 0 Å². The fraction of sp³-hybridized carbons (Fsp3) is 0.800. The van der Waals surface area contributed by atoms with Gasteiger partial charge in [0.05, 0.1) is 0 Å². The van der Waals surface area contributed by atoms with Crippen LogP contribution in [0.3, 0.4) is 0 Å². The number of carbonyl (C=O) groups is 1. The molecule has 0 radical (unpaired) electrons. The van der Waals surface area contributed by atoms with E-state index < -0.39 is 11.9 Å². The van der Waals surface area contributed by atoms with Crippen LogP contribution in [0.4, 0.5) is 0 Å². The predicted molar refractivity (Wildman–Crippen MR) is 78.2 cm³/mol. The van der Waals surface area contributed by atoms with Crippen LogP contribution in [0.2, 0.25) is 0 Å². The van der Waals surface area contributed by atoms with Crippen LogP contribution in [0.1, 0.15) is 50.2 Å². The zero-order valence-electron chi connectivity index (χ0n) is 12.7. The molecule has 6 nitrogen and oxygen atoms in total. The van der Waals surface area contributed by atoms with Gasteiger partial charge in [-0.1, -0.05) is 6.92 Å². The van der Waals surface area contributed by atoms with Gasteiger partial charge < -0.3 is 14.6 Å². The number of fused-ring (bicyclic) bond motifs is 1. The Hall–Kier alpha value is -1.43. The van der Waals surface area contributed by atoms with Crippen LogP contribution in [0.15, 0.2) is 0 Å². The third-order valence-electron chi connectivity index (χ3n) is 4.97. The number of aliphatic carboxylic acids is 1. The van der Waals surface area contributed by atoms with Gasteiger partial charge in [-0.05, 0) is 51.2 Å². The first-order chi connectivity index (χ1) is 10.2. The zero-order chi connectivity index (χ0) is 14.8. The molecule has 1 aromatic rings. The molecule has 1 N–H and O–H groups in total. The molecule has 2 aliphatic rings. The maximum Gasteiger partial charge on any atom is 0.314 e. The molecule has 1 aromatic heterocycles. The van der Waals surface area contributed by atoms with E-state index in [0.717, 1.165) is 31.8 Å². The van der Waals surface area contributed by atoms with E-state index in [1.54, 1.807) is 0 Å². The number of hydrogen-bond acceptors (Lipinski definition) is 4. The van der Waals surface area contributed by atoms with E-state index in [2.05, 4.69) is 26.6 Å². The Balaban J connectivity index is 1.69. The van der Waals surface area contributed by atoms with E-state index in [9.17, 15) is 9.90 Å². The number of piperidine rings is 1. The molecule has 0 aliphatic carbocycles. The van der Waals surface area contributed by atoms with Gasteiger partial charge in [-0.25, -0.2) is 0 Å². The SMILES string of the molecule is CCN1CCC(Cc2nnc3n2CCCC3C(=O)O)CC1. The van der Waals surface area contributed by atoms with Crippen molar-refractivity contribution in [1.82, 2.24) is 19.7 Å². The molecule has 0 saturated carbocycles. The molecular formula is C15H24N4O2. The second-order valence-corrected chi connectivity index (χ2v) is 6.24. The molecule has 1 fully saturated rings. The van der Waals surface area contributed by atoms with E-state index in [0.29, 0.717) is 18.2 Å². The van der Waals surface area contributed by atoms with Crippen LogP contribution in [0.5, 0.6) is 0 Å². The summed E-state index contributed by atoms with van der Waals surface area (Å²) in [5.41, 5.74) is 0. The Morgan fingerprint density at radius 3 is 2.67 bits per heavy atom. The van der Waals surface area contributed by atoms with Crippen molar-refractivity contribution in [3.8, 4) is 0 Å². The normalized spacial score (nSPS) is 24.0. The van der Waals surface area contributed by atoms with Gasteiger partial charge in [0.1, 0.15) is 17.6 Å². The quantitative estimate of drug-likeness (QED) is 0.911. The molecule has 2 aliphatic heterocycles. The molecule has 3 heterocycles. The minimum Gasteiger partial charge on any atom is -0.481 e. The summed E-state index contributed by atoms with van der Waals surface area (Å²) in [4.78, 5) is 13.8. The first kappa shape index (κ1) is 14.5. The lowest BCUT2D eigenvalue weighted by Crippen LogP contribution is -2.34. The summed E-state index contributed by atoms with van der Waals surface area (Å²) < 4.78 is 2.06. The highest BCUT2D eigenvalue weighted by molar-refractivity contribution is 5.75. The largest absolute Gasteiger partial charge is 0.481 e. The molecule has 0 spiro atoms. The molecule has 21 heavy (non-hydrogen) atoms. The average Bonchev–Trinajstić information content (AvgIpc) is 2.91. The monoisotopic (exact) mass is 292 g/mol. The van der Waals surface area contributed by atoms with Crippen LogP contribution in [0.25, 0.3) is 0 Å². The number of carboxylic acids is 1. The first-order valence-corrected chi connectivity index (χ1v) is 8.06. The molecule has 116 valence electrons. The third kappa shape index (κ3) is 2.95. The van der Waals surface area contributed by atoms with Crippen molar-refractivity contribution in [2.45, 2.75) is 51.5 Å². The fourth-order valence-electron chi connectivity index (χ4n) is 3.58. The second kappa shape index (κ2) is 6.13. The number of likely N-dealkylation sites (tertiary alicyclic amines) is 1. The van der Waals surface area contributed by atoms with Gasteiger partial charge in [0, 0.05) is 13.0 Å². The minimum absolute atomic E-state index is 0.470. The lowest BCUT2D eigenvalue weighted by Gasteiger charge is -2.31. The summed E-state index contributed by atoms with van der Waals surface area (Å²) in [7, 11) is 0. The van der Waals surface area contributed by atoms with Crippen molar-refractivity contribution in [2.75, 3.05) is 19.6 Å². The van der Waals surface area contributed by atoms with Gasteiger partial charge in [-0.2, -0.15) is 0 Å². The van der Waals surface area contributed by atoms with Gasteiger partial charge in [-0.3, -0.25) is 4.79 Å². The number of carboxylic acid groups (broad SMARTS) is 1. The highest BCUT2D eigenvalue weighted by Crippen LogP contribution is 2.28. The second-order valence-electron chi connectivity index (χ2n) is 6.24. The Labute approximate surface area is 125 Å². The molecule has 3 rings (SSSR count). The summed E-state index contributed by atoms with van der Waals surface area (Å²) in [5.74, 6) is 1.07. The summed E-state index contributed by atoms with van der Waals surface area (Å²) >= 11 is 0. The van der Waals surface area contributed by atoms with E-state index in [1.807, 2.05) is 0 Å². The Bertz CT molecular complexity index is 506. The summed E-state index contributed by atoms with van der Waals surface area (Å²) in [5, 5.41) is 17.8. The highest BCUT2D eigenvalue weighted by atomic mass is 16.4. The van der Waals surface area contributed by atoms with Crippen LogP contribution in [-0.2, 0) is 17.8 Å². The Kier molecular flexibility index (Phi) is 4.24. The number of aromatic nitrogens is 3. The number of rotatable bonds is 4. The number of nitrogens with zero attached hydrogens (tertiary/aromatic N) is 4. The van der Waals surface area contributed by atoms with Gasteiger partial charge >= 0.3 is 5.97 Å². The van der Waals surface area contributed by atoms with Gasteiger partial charge in [0.2, 0.25) is 0 Å². The number of hydrogen-bond donors (Lipinski definition) is 1. The van der Waals surface area contributed by atoms with Crippen molar-refractivity contribution in [2.24, 2.45) is 5.92 Å². The lowest BCUT2D eigenvalue weighted by molar-refractivity contribution is -0.139. The molecule has 0 bridgehead atoms. The summed E-state index contributed by atoms with van der Waals surface area (Å²) in [6.07, 6.45) is 4.94. The van der Waals surface area contributed by atoms with Crippen molar-refractivity contribution in [3.63, 3.8) is 0 Å². The summed E-state index contributed by atoms with van der Waals surface area (Å²) in [6.45, 7) is 6.55. The molecule has 1 atom stereocenters. The van der Waals surface area contributed by atoms with E-state index in [1.165, 1.54) is 25.9 Å². The van der Waals surface area contributed by atoms with Crippen LogP contribution in [-0.4, -0.2) is 50.4 Å². The van der Waals surface area contributed by atoms with Crippen LogP contribution < -0.4 is 0 Å². The summed E-state index contributed by atoms with van der Waals surface area (Å²) in [6, 6.07) is 0. The molecule has 1 unspecified atom stereocenters. The van der Waals surface area contributed by atoms with Gasteiger partial charge in [0.15, 0.2) is 0 Å². The molecule has 0 amide bonds. The third-order valence-corrected chi connectivity index (χ3v) is 4.97. The topological polar surface area (TPSA) is 71.2 Å². The predicted octanol–water partition coefficient (Wildman–Crippen LogP) is 1.51. The highest BCUT2D eigenvalue weighted by Gasteiger charge is 2.31. The molecule has 1 saturated heterocycles.